The van der Waals surface area contributed by atoms with Crippen LogP contribution in [0.1, 0.15) is 24.2 Å². The Labute approximate surface area is 191 Å². The number of hydrogen-bond donors (Lipinski definition) is 1. The summed E-state index contributed by atoms with van der Waals surface area (Å²) in [5.41, 5.74) is -0.0681. The van der Waals surface area contributed by atoms with E-state index in [4.69, 9.17) is 4.74 Å². The molecule has 0 radical (unpaired) electrons. The molecule has 0 bridgehead atoms. The highest BCUT2D eigenvalue weighted by atomic mass is 32.1. The number of thiazole rings is 1. The summed E-state index contributed by atoms with van der Waals surface area (Å²) in [7, 11) is 1.33. The third-order valence-corrected chi connectivity index (χ3v) is 6.38. The number of carbonyl (C=O) groups is 1. The molecule has 176 valence electrons. The van der Waals surface area contributed by atoms with Crippen LogP contribution in [0, 0.1) is 0 Å². The summed E-state index contributed by atoms with van der Waals surface area (Å²) in [6.07, 6.45) is -3.51. The standard InChI is InChI=1S/C21H22F3N5O3S/c1-32-11-10-29-18(31)15-17(27-19(29)21(22,23)24)33-20(26-15)28-9-5-8-14(28)16(30)25-12-13-6-3-2-4-7-13/h2-4,6-7,14H,5,8-12H2,1H3,(H,25,30)/t14-/m1/s1. The third kappa shape index (κ3) is 4.86. The zero-order chi connectivity index (χ0) is 23.6. The van der Waals surface area contributed by atoms with Crippen LogP contribution in [-0.2, 0) is 28.8 Å². The van der Waals surface area contributed by atoms with Crippen LogP contribution in [-0.4, -0.2) is 46.7 Å². The third-order valence-electron chi connectivity index (χ3n) is 5.39. The fourth-order valence-electron chi connectivity index (χ4n) is 3.80. The van der Waals surface area contributed by atoms with Crippen LogP contribution in [0.4, 0.5) is 18.3 Å². The first-order chi connectivity index (χ1) is 15.8. The first-order valence-electron chi connectivity index (χ1n) is 10.4. The second-order valence-electron chi connectivity index (χ2n) is 7.59. The van der Waals surface area contributed by atoms with Crippen LogP contribution in [0.15, 0.2) is 35.1 Å². The van der Waals surface area contributed by atoms with E-state index in [-0.39, 0.29) is 29.4 Å². The first kappa shape index (κ1) is 23.2. The van der Waals surface area contributed by atoms with Crippen LogP contribution in [0.5, 0.6) is 0 Å². The molecular weight excluding hydrogens is 459 g/mol. The van der Waals surface area contributed by atoms with Crippen LogP contribution in [0.2, 0.25) is 0 Å². The quantitative estimate of drug-likeness (QED) is 0.558. The number of hydrogen-bond acceptors (Lipinski definition) is 7. The number of nitrogens with zero attached hydrogens (tertiary/aromatic N) is 4. The molecule has 1 fully saturated rings. The van der Waals surface area contributed by atoms with E-state index >= 15 is 0 Å². The van der Waals surface area contributed by atoms with Crippen molar-refractivity contribution in [1.29, 1.82) is 0 Å². The molecule has 1 aromatic carbocycles. The van der Waals surface area contributed by atoms with Gasteiger partial charge in [-0.05, 0) is 18.4 Å². The highest BCUT2D eigenvalue weighted by Crippen LogP contribution is 2.34. The zero-order valence-corrected chi connectivity index (χ0v) is 18.6. The van der Waals surface area contributed by atoms with Gasteiger partial charge in [0, 0.05) is 20.2 Å². The molecule has 2 aromatic heterocycles. The molecule has 1 atom stereocenters. The van der Waals surface area contributed by atoms with Gasteiger partial charge in [-0.2, -0.15) is 13.2 Å². The van der Waals surface area contributed by atoms with Gasteiger partial charge in [-0.1, -0.05) is 41.7 Å². The molecule has 1 N–H and O–H groups in total. The second-order valence-corrected chi connectivity index (χ2v) is 8.54. The van der Waals surface area contributed by atoms with Crippen molar-refractivity contribution < 1.29 is 22.7 Å². The molecule has 0 spiro atoms. The van der Waals surface area contributed by atoms with Gasteiger partial charge in [-0.25, -0.2) is 9.97 Å². The molecule has 0 saturated carbocycles. The van der Waals surface area contributed by atoms with Crippen LogP contribution >= 0.6 is 11.3 Å². The van der Waals surface area contributed by atoms with Crippen molar-refractivity contribution in [2.45, 2.75) is 38.1 Å². The number of fused-ring (bicyclic) bond motifs is 1. The van der Waals surface area contributed by atoms with Crippen molar-refractivity contribution in [3.63, 3.8) is 0 Å². The number of benzene rings is 1. The topological polar surface area (TPSA) is 89.3 Å². The molecule has 0 aliphatic carbocycles. The molecule has 1 amide bonds. The molecule has 3 aromatic rings. The summed E-state index contributed by atoms with van der Waals surface area (Å²) in [6, 6.07) is 8.93. The number of alkyl halides is 3. The summed E-state index contributed by atoms with van der Waals surface area (Å²) in [4.78, 5) is 35.3. The second kappa shape index (κ2) is 9.48. The predicted octanol–water partition coefficient (Wildman–Crippen LogP) is 2.80. The SMILES string of the molecule is COCCn1c(C(F)(F)F)nc2sc(N3CCC[C@@H]3C(=O)NCc3ccccc3)nc2c1=O. The Morgan fingerprint density at radius 3 is 2.73 bits per heavy atom. The van der Waals surface area contributed by atoms with E-state index in [2.05, 4.69) is 15.3 Å². The summed E-state index contributed by atoms with van der Waals surface area (Å²) in [6.45, 7) is 0.495. The lowest BCUT2D eigenvalue weighted by Crippen LogP contribution is -2.43. The summed E-state index contributed by atoms with van der Waals surface area (Å²) < 4.78 is 46.0. The maximum absolute atomic E-state index is 13.5. The summed E-state index contributed by atoms with van der Waals surface area (Å²) in [5.74, 6) is -1.48. The molecule has 4 rings (SSSR count). The molecular formula is C21H22F3N5O3S. The van der Waals surface area contributed by atoms with Gasteiger partial charge >= 0.3 is 6.18 Å². The number of halogens is 3. The van der Waals surface area contributed by atoms with Crippen molar-refractivity contribution in [1.82, 2.24) is 19.9 Å². The van der Waals surface area contributed by atoms with Gasteiger partial charge in [0.05, 0.1) is 13.2 Å². The van der Waals surface area contributed by atoms with Crippen LogP contribution in [0.25, 0.3) is 10.3 Å². The van der Waals surface area contributed by atoms with Gasteiger partial charge in [0.15, 0.2) is 15.5 Å². The van der Waals surface area contributed by atoms with E-state index in [0.29, 0.717) is 29.2 Å². The lowest BCUT2D eigenvalue weighted by molar-refractivity contribution is -0.148. The van der Waals surface area contributed by atoms with E-state index in [1.807, 2.05) is 30.3 Å². The van der Waals surface area contributed by atoms with Crippen molar-refractivity contribution in [2.24, 2.45) is 0 Å². The van der Waals surface area contributed by atoms with E-state index in [9.17, 15) is 22.8 Å². The molecule has 8 nitrogen and oxygen atoms in total. The largest absolute Gasteiger partial charge is 0.449 e. The number of nitrogens with one attached hydrogen (secondary N) is 1. The van der Waals surface area contributed by atoms with E-state index in [1.165, 1.54) is 7.11 Å². The minimum Gasteiger partial charge on any atom is -0.383 e. The minimum absolute atomic E-state index is 0.0804. The maximum Gasteiger partial charge on any atom is 0.449 e. The van der Waals surface area contributed by atoms with Crippen molar-refractivity contribution in [2.75, 3.05) is 25.2 Å². The average Bonchev–Trinajstić information content (AvgIpc) is 3.44. The smallest absolute Gasteiger partial charge is 0.383 e. The Morgan fingerprint density at radius 1 is 1.27 bits per heavy atom. The lowest BCUT2D eigenvalue weighted by atomic mass is 10.2. The Hall–Kier alpha value is -2.99. The molecule has 3 heterocycles. The lowest BCUT2D eigenvalue weighted by Gasteiger charge is -2.23. The molecule has 33 heavy (non-hydrogen) atoms. The van der Waals surface area contributed by atoms with Crippen molar-refractivity contribution in [3.8, 4) is 0 Å². The normalized spacial score (nSPS) is 16.5. The van der Waals surface area contributed by atoms with Crippen molar-refractivity contribution in [3.05, 3.63) is 52.1 Å². The molecule has 1 aliphatic heterocycles. The van der Waals surface area contributed by atoms with Gasteiger partial charge in [-0.15, -0.1) is 0 Å². The summed E-state index contributed by atoms with van der Waals surface area (Å²) >= 11 is 0.886. The monoisotopic (exact) mass is 481 g/mol. The minimum atomic E-state index is -4.81. The number of carbonyl (C=O) groups excluding carboxylic acids is 1. The summed E-state index contributed by atoms with van der Waals surface area (Å²) in [5, 5.41) is 3.21. The molecule has 1 aliphatic rings. The highest BCUT2D eigenvalue weighted by Gasteiger charge is 2.39. The number of ether oxygens (including phenoxy) is 1. The van der Waals surface area contributed by atoms with Gasteiger partial charge in [0.1, 0.15) is 6.04 Å². The van der Waals surface area contributed by atoms with Gasteiger partial charge < -0.3 is 15.0 Å². The van der Waals surface area contributed by atoms with Gasteiger partial charge in [-0.3, -0.25) is 14.2 Å². The van der Waals surface area contributed by atoms with Crippen LogP contribution in [0.3, 0.4) is 0 Å². The average molecular weight is 482 g/mol. The molecule has 1 saturated heterocycles. The number of methoxy groups -OCH3 is 1. The number of amides is 1. The van der Waals surface area contributed by atoms with Gasteiger partial charge in [0.25, 0.3) is 5.56 Å². The van der Waals surface area contributed by atoms with E-state index in [1.54, 1.807) is 4.90 Å². The number of rotatable bonds is 7. The molecule has 0 unspecified atom stereocenters. The number of anilines is 1. The molecule has 12 heteroatoms. The van der Waals surface area contributed by atoms with Crippen LogP contribution < -0.4 is 15.8 Å². The Bertz CT molecular complexity index is 1200. The Balaban J connectivity index is 1.62. The Morgan fingerprint density at radius 2 is 2.03 bits per heavy atom. The van der Waals surface area contributed by atoms with Crippen molar-refractivity contribution >= 4 is 32.7 Å². The first-order valence-corrected chi connectivity index (χ1v) is 11.2. The number of aromatic nitrogens is 3. The fraction of sp³-hybridized carbons (Fsp3) is 0.429. The zero-order valence-electron chi connectivity index (χ0n) is 17.8. The maximum atomic E-state index is 13.5. The van der Waals surface area contributed by atoms with Gasteiger partial charge in [0.2, 0.25) is 11.7 Å². The van der Waals surface area contributed by atoms with E-state index < -0.39 is 23.6 Å². The fourth-order valence-corrected chi connectivity index (χ4v) is 4.80. The predicted molar refractivity (Wildman–Crippen MR) is 117 cm³/mol. The Kier molecular flexibility index (Phi) is 6.66. The van der Waals surface area contributed by atoms with E-state index in [0.717, 1.165) is 23.3 Å². The highest BCUT2D eigenvalue weighted by molar-refractivity contribution is 7.21.